The first-order valence-electron chi connectivity index (χ1n) is 11.2. The van der Waals surface area contributed by atoms with Crippen molar-refractivity contribution in [2.75, 3.05) is 20.3 Å². The fourth-order valence-corrected chi connectivity index (χ4v) is 5.26. The third-order valence-electron chi connectivity index (χ3n) is 6.83. The number of esters is 1. The van der Waals surface area contributed by atoms with E-state index in [2.05, 4.69) is 10.3 Å². The number of nitrogens with one attached hydrogen (secondary N) is 2. The fourth-order valence-electron chi connectivity index (χ4n) is 5.26. The van der Waals surface area contributed by atoms with Crippen LogP contribution in [0.4, 0.5) is 0 Å². The summed E-state index contributed by atoms with van der Waals surface area (Å²) < 4.78 is 10.6. The highest BCUT2D eigenvalue weighted by molar-refractivity contribution is 5.95. The standard InChI is InChI=1S/C24H32N2O4/c1-3-30-24(28)21-14-17-12-15(4-9-20(17)26-21)13-22(27)23-19(10-11-25-23)16-5-7-18(29-2)8-6-16/h4,9,12,14,16,18-19,23,25-26H,3,5-8,10-11,13H2,1-2H3/t16?,18?,19-,23-/m0/s1. The molecule has 30 heavy (non-hydrogen) atoms. The highest BCUT2D eigenvalue weighted by atomic mass is 16.5. The number of H-pyrrole nitrogens is 1. The Kier molecular flexibility index (Phi) is 6.54. The van der Waals surface area contributed by atoms with Gasteiger partial charge in [0.15, 0.2) is 5.78 Å². The Labute approximate surface area is 177 Å². The van der Waals surface area contributed by atoms with Crippen molar-refractivity contribution in [3.8, 4) is 0 Å². The molecule has 0 amide bonds. The molecule has 0 spiro atoms. The molecule has 2 aromatic rings. The molecule has 6 heteroatoms. The van der Waals surface area contributed by atoms with Gasteiger partial charge in [-0.15, -0.1) is 0 Å². The predicted octanol–water partition coefficient (Wildman–Crippen LogP) is 3.64. The molecule has 1 saturated carbocycles. The molecule has 2 atom stereocenters. The number of fused-ring (bicyclic) bond motifs is 1. The van der Waals surface area contributed by atoms with Gasteiger partial charge in [0.05, 0.1) is 18.8 Å². The summed E-state index contributed by atoms with van der Waals surface area (Å²) >= 11 is 0. The first-order valence-corrected chi connectivity index (χ1v) is 11.2. The van der Waals surface area contributed by atoms with Crippen molar-refractivity contribution in [1.29, 1.82) is 0 Å². The van der Waals surface area contributed by atoms with Crippen LogP contribution < -0.4 is 5.32 Å². The van der Waals surface area contributed by atoms with E-state index in [-0.39, 0.29) is 17.8 Å². The molecule has 1 aromatic carbocycles. The van der Waals surface area contributed by atoms with Gasteiger partial charge in [-0.05, 0) is 81.2 Å². The minimum absolute atomic E-state index is 0.0499. The van der Waals surface area contributed by atoms with Gasteiger partial charge >= 0.3 is 5.97 Å². The zero-order chi connectivity index (χ0) is 21.1. The molecule has 1 aliphatic heterocycles. The van der Waals surface area contributed by atoms with E-state index in [0.29, 0.717) is 36.7 Å². The number of carbonyl (C=O) groups excluding carboxylic acids is 2. The maximum atomic E-state index is 13.2. The van der Waals surface area contributed by atoms with E-state index in [1.807, 2.05) is 18.2 Å². The molecule has 0 bridgehead atoms. The molecule has 6 nitrogen and oxygen atoms in total. The Morgan fingerprint density at radius 1 is 1.10 bits per heavy atom. The number of hydrogen-bond acceptors (Lipinski definition) is 5. The number of ether oxygens (including phenoxy) is 2. The summed E-state index contributed by atoms with van der Waals surface area (Å²) in [6, 6.07) is 7.66. The summed E-state index contributed by atoms with van der Waals surface area (Å²) in [4.78, 5) is 28.2. The molecule has 2 aliphatic rings. The van der Waals surface area contributed by atoms with Crippen molar-refractivity contribution in [3.05, 3.63) is 35.5 Å². The van der Waals surface area contributed by atoms with Crippen LogP contribution in [0.2, 0.25) is 0 Å². The van der Waals surface area contributed by atoms with Crippen LogP contribution in [0, 0.1) is 11.8 Å². The van der Waals surface area contributed by atoms with E-state index in [0.717, 1.165) is 55.1 Å². The number of rotatable bonds is 7. The Bertz CT molecular complexity index is 898. The van der Waals surface area contributed by atoms with Crippen LogP contribution in [-0.4, -0.2) is 49.1 Å². The van der Waals surface area contributed by atoms with E-state index >= 15 is 0 Å². The van der Waals surface area contributed by atoms with Gasteiger partial charge in [0, 0.05) is 24.4 Å². The van der Waals surface area contributed by atoms with Gasteiger partial charge in [0.2, 0.25) is 0 Å². The van der Waals surface area contributed by atoms with Crippen molar-refractivity contribution in [2.45, 2.75) is 57.6 Å². The first-order chi connectivity index (χ1) is 14.6. The lowest BCUT2D eigenvalue weighted by Crippen LogP contribution is -2.40. The number of Topliss-reactive ketones (excluding diaryl/α,β-unsaturated/α-hetero) is 1. The van der Waals surface area contributed by atoms with Gasteiger partial charge in [-0.3, -0.25) is 4.79 Å². The van der Waals surface area contributed by atoms with Crippen LogP contribution in [0.15, 0.2) is 24.3 Å². The number of carbonyl (C=O) groups is 2. The molecule has 2 heterocycles. The van der Waals surface area contributed by atoms with Crippen molar-refractivity contribution in [3.63, 3.8) is 0 Å². The van der Waals surface area contributed by atoms with Crippen LogP contribution in [0.5, 0.6) is 0 Å². The number of aromatic nitrogens is 1. The Hall–Kier alpha value is -2.18. The van der Waals surface area contributed by atoms with E-state index in [9.17, 15) is 9.59 Å². The molecule has 1 saturated heterocycles. The van der Waals surface area contributed by atoms with Gasteiger partial charge in [-0.1, -0.05) is 6.07 Å². The van der Waals surface area contributed by atoms with Crippen molar-refractivity contribution in [2.24, 2.45) is 11.8 Å². The van der Waals surface area contributed by atoms with E-state index in [1.54, 1.807) is 20.1 Å². The molecule has 162 valence electrons. The summed E-state index contributed by atoms with van der Waals surface area (Å²) in [5.74, 6) is 0.959. The summed E-state index contributed by atoms with van der Waals surface area (Å²) in [5.41, 5.74) is 2.30. The molecule has 2 fully saturated rings. The Balaban J connectivity index is 1.42. The van der Waals surface area contributed by atoms with Gasteiger partial charge in [-0.2, -0.15) is 0 Å². The van der Waals surface area contributed by atoms with E-state index in [1.165, 1.54) is 0 Å². The van der Waals surface area contributed by atoms with Gasteiger partial charge in [-0.25, -0.2) is 4.79 Å². The lowest BCUT2D eigenvalue weighted by molar-refractivity contribution is -0.121. The molecule has 1 aliphatic carbocycles. The fraction of sp³-hybridized carbons (Fsp3) is 0.583. The second-order valence-electron chi connectivity index (χ2n) is 8.62. The topological polar surface area (TPSA) is 80.4 Å². The smallest absolute Gasteiger partial charge is 0.354 e. The number of methoxy groups -OCH3 is 1. The molecule has 0 unspecified atom stereocenters. The number of aromatic amines is 1. The quantitative estimate of drug-likeness (QED) is 0.679. The number of hydrogen-bond donors (Lipinski definition) is 2. The summed E-state index contributed by atoms with van der Waals surface area (Å²) in [5, 5.41) is 4.40. The lowest BCUT2D eigenvalue weighted by Gasteiger charge is -2.33. The molecule has 0 radical (unpaired) electrons. The third kappa shape index (κ3) is 4.44. The zero-order valence-corrected chi connectivity index (χ0v) is 17.9. The normalized spacial score (nSPS) is 26.7. The van der Waals surface area contributed by atoms with Crippen molar-refractivity contribution >= 4 is 22.7 Å². The lowest BCUT2D eigenvalue weighted by atomic mass is 9.74. The molecular formula is C24H32N2O4. The highest BCUT2D eigenvalue weighted by Gasteiger charge is 2.38. The molecular weight excluding hydrogens is 380 g/mol. The second kappa shape index (κ2) is 9.31. The highest BCUT2D eigenvalue weighted by Crippen LogP contribution is 2.37. The van der Waals surface area contributed by atoms with Crippen LogP contribution in [0.25, 0.3) is 10.9 Å². The van der Waals surface area contributed by atoms with Gasteiger partial charge in [0.25, 0.3) is 0 Å². The van der Waals surface area contributed by atoms with Gasteiger partial charge in [0.1, 0.15) is 5.69 Å². The molecule has 1 aromatic heterocycles. The Morgan fingerprint density at radius 3 is 2.63 bits per heavy atom. The molecule has 2 N–H and O–H groups in total. The van der Waals surface area contributed by atoms with Crippen molar-refractivity contribution < 1.29 is 19.1 Å². The van der Waals surface area contributed by atoms with E-state index < -0.39 is 0 Å². The molecule has 4 rings (SSSR count). The average molecular weight is 413 g/mol. The predicted molar refractivity (Wildman–Crippen MR) is 116 cm³/mol. The summed E-state index contributed by atoms with van der Waals surface area (Å²) in [6.45, 7) is 3.06. The third-order valence-corrected chi connectivity index (χ3v) is 6.83. The Morgan fingerprint density at radius 2 is 1.90 bits per heavy atom. The minimum atomic E-state index is -0.354. The van der Waals surface area contributed by atoms with Crippen LogP contribution in [0.1, 0.15) is 55.1 Å². The maximum absolute atomic E-state index is 13.2. The average Bonchev–Trinajstić information content (AvgIpc) is 3.41. The number of ketones is 1. The van der Waals surface area contributed by atoms with Crippen LogP contribution >= 0.6 is 0 Å². The van der Waals surface area contributed by atoms with Crippen LogP contribution in [0.3, 0.4) is 0 Å². The van der Waals surface area contributed by atoms with E-state index in [4.69, 9.17) is 9.47 Å². The first kappa shape index (κ1) is 21.1. The van der Waals surface area contributed by atoms with Crippen molar-refractivity contribution in [1.82, 2.24) is 10.3 Å². The number of benzene rings is 1. The zero-order valence-electron chi connectivity index (χ0n) is 17.9. The summed E-state index contributed by atoms with van der Waals surface area (Å²) in [7, 11) is 1.80. The summed E-state index contributed by atoms with van der Waals surface area (Å²) in [6.07, 6.45) is 6.39. The van der Waals surface area contributed by atoms with Gasteiger partial charge < -0.3 is 19.8 Å². The monoisotopic (exact) mass is 412 g/mol. The second-order valence-corrected chi connectivity index (χ2v) is 8.62. The maximum Gasteiger partial charge on any atom is 0.354 e. The van der Waals surface area contributed by atoms with Crippen LogP contribution in [-0.2, 0) is 20.7 Å². The largest absolute Gasteiger partial charge is 0.461 e. The SMILES string of the molecule is CCOC(=O)c1cc2cc(CC(=O)[C@H]3NCC[C@H]3C3CCC(OC)CC3)ccc2[nH]1. The minimum Gasteiger partial charge on any atom is -0.461 e.